The Kier molecular flexibility index (Phi) is 4.35. The molecule has 1 unspecified atom stereocenters. The van der Waals surface area contributed by atoms with Crippen molar-refractivity contribution in [1.29, 1.82) is 0 Å². The van der Waals surface area contributed by atoms with E-state index in [1.165, 1.54) is 6.07 Å². The van der Waals surface area contributed by atoms with Crippen molar-refractivity contribution in [1.82, 2.24) is 10.6 Å². The first-order valence-corrected chi connectivity index (χ1v) is 8.90. The summed E-state index contributed by atoms with van der Waals surface area (Å²) in [6.07, 6.45) is 0. The molecule has 0 fully saturated rings. The average molecular weight is 378 g/mol. The molecule has 0 saturated heterocycles. The Labute approximate surface area is 160 Å². The van der Waals surface area contributed by atoms with E-state index in [-0.39, 0.29) is 12.2 Å². The lowest BCUT2D eigenvalue weighted by atomic mass is 9.92. The van der Waals surface area contributed by atoms with Gasteiger partial charge in [-0.1, -0.05) is 36.4 Å². The van der Waals surface area contributed by atoms with E-state index in [9.17, 15) is 14.4 Å². The Morgan fingerprint density at radius 2 is 1.93 bits per heavy atom. The second kappa shape index (κ2) is 6.84. The topological polar surface area (TPSA) is 97.6 Å². The van der Waals surface area contributed by atoms with Gasteiger partial charge in [-0.3, -0.25) is 0 Å². The lowest BCUT2D eigenvalue weighted by Crippen LogP contribution is -2.45. The number of nitrogens with one attached hydrogen (secondary N) is 2. The third-order valence-electron chi connectivity index (χ3n) is 4.74. The Hall–Kier alpha value is -3.61. The maximum absolute atomic E-state index is 12.6. The molecule has 2 N–H and O–H groups in total. The first-order valence-electron chi connectivity index (χ1n) is 8.90. The van der Waals surface area contributed by atoms with E-state index in [0.717, 1.165) is 10.8 Å². The number of urea groups is 1. The van der Waals surface area contributed by atoms with Crippen molar-refractivity contribution in [2.45, 2.75) is 19.9 Å². The molecule has 28 heavy (non-hydrogen) atoms. The van der Waals surface area contributed by atoms with E-state index in [2.05, 4.69) is 10.6 Å². The summed E-state index contributed by atoms with van der Waals surface area (Å²) in [5.41, 5.74) is 0.965. The van der Waals surface area contributed by atoms with Crippen LogP contribution in [0, 0.1) is 0 Å². The van der Waals surface area contributed by atoms with Crippen molar-refractivity contribution in [3.63, 3.8) is 0 Å². The fourth-order valence-corrected chi connectivity index (χ4v) is 3.56. The van der Waals surface area contributed by atoms with Crippen molar-refractivity contribution in [3.8, 4) is 0 Å². The zero-order valence-electron chi connectivity index (χ0n) is 15.4. The van der Waals surface area contributed by atoms with Crippen LogP contribution < -0.4 is 16.3 Å². The number of esters is 1. The number of carbonyl (C=O) groups excluding carboxylic acids is 2. The van der Waals surface area contributed by atoms with Gasteiger partial charge in [-0.05, 0) is 24.8 Å². The number of hydrogen-bond acceptors (Lipinski definition) is 5. The van der Waals surface area contributed by atoms with Crippen molar-refractivity contribution < 1.29 is 18.7 Å². The number of hydrogen-bond donors (Lipinski definition) is 2. The molecule has 4 rings (SSSR count). The van der Waals surface area contributed by atoms with E-state index in [0.29, 0.717) is 22.2 Å². The van der Waals surface area contributed by atoms with E-state index < -0.39 is 23.7 Å². The number of rotatable bonds is 3. The van der Waals surface area contributed by atoms with Crippen LogP contribution in [0.1, 0.15) is 25.5 Å². The van der Waals surface area contributed by atoms with Crippen molar-refractivity contribution in [2.24, 2.45) is 0 Å². The molecule has 7 heteroatoms. The predicted octanol–water partition coefficient (Wildman–Crippen LogP) is 3.14. The fraction of sp³-hybridized carbons (Fsp3) is 0.190. The molecule has 7 nitrogen and oxygen atoms in total. The summed E-state index contributed by atoms with van der Waals surface area (Å²) in [6, 6.07) is 11.3. The quantitative estimate of drug-likeness (QED) is 0.415. The molecule has 0 aliphatic carbocycles. The molecule has 2 aromatic carbocycles. The normalized spacial score (nSPS) is 16.8. The second-order valence-electron chi connectivity index (χ2n) is 6.47. The lowest BCUT2D eigenvalue weighted by molar-refractivity contribution is -0.139. The van der Waals surface area contributed by atoms with E-state index >= 15 is 0 Å². The van der Waals surface area contributed by atoms with Crippen LogP contribution in [-0.2, 0) is 9.53 Å². The van der Waals surface area contributed by atoms with Gasteiger partial charge >= 0.3 is 17.6 Å². The van der Waals surface area contributed by atoms with Crippen LogP contribution >= 0.6 is 0 Å². The Balaban J connectivity index is 2.00. The monoisotopic (exact) mass is 378 g/mol. The van der Waals surface area contributed by atoms with Gasteiger partial charge < -0.3 is 19.8 Å². The molecule has 0 bridgehead atoms. The highest BCUT2D eigenvalue weighted by Crippen LogP contribution is 2.34. The summed E-state index contributed by atoms with van der Waals surface area (Å²) in [7, 11) is 0. The maximum Gasteiger partial charge on any atom is 0.338 e. The maximum atomic E-state index is 12.6. The zero-order valence-corrected chi connectivity index (χ0v) is 15.4. The van der Waals surface area contributed by atoms with Gasteiger partial charge in [-0.15, -0.1) is 0 Å². The van der Waals surface area contributed by atoms with Gasteiger partial charge in [-0.25, -0.2) is 14.4 Å². The van der Waals surface area contributed by atoms with Crippen LogP contribution in [0.15, 0.2) is 62.9 Å². The number of ether oxygens (including phenoxy) is 1. The van der Waals surface area contributed by atoms with Gasteiger partial charge in [0, 0.05) is 22.5 Å². The summed E-state index contributed by atoms with van der Waals surface area (Å²) < 4.78 is 10.6. The predicted molar refractivity (Wildman–Crippen MR) is 104 cm³/mol. The smallest absolute Gasteiger partial charge is 0.338 e. The van der Waals surface area contributed by atoms with Crippen LogP contribution in [0.4, 0.5) is 4.79 Å². The Bertz CT molecular complexity index is 1210. The van der Waals surface area contributed by atoms with Crippen LogP contribution in [0.25, 0.3) is 21.7 Å². The van der Waals surface area contributed by atoms with E-state index in [1.807, 2.05) is 36.4 Å². The van der Waals surface area contributed by atoms with Gasteiger partial charge in [0.1, 0.15) is 5.58 Å². The largest absolute Gasteiger partial charge is 0.463 e. The summed E-state index contributed by atoms with van der Waals surface area (Å²) in [5.74, 6) is -0.556. The van der Waals surface area contributed by atoms with Gasteiger partial charge in [0.2, 0.25) is 0 Å². The van der Waals surface area contributed by atoms with E-state index in [1.54, 1.807) is 13.8 Å². The Morgan fingerprint density at radius 1 is 1.14 bits per heavy atom. The van der Waals surface area contributed by atoms with Gasteiger partial charge in [0.05, 0.1) is 18.2 Å². The summed E-state index contributed by atoms with van der Waals surface area (Å²) in [6.45, 7) is 3.52. The molecule has 1 aromatic heterocycles. The summed E-state index contributed by atoms with van der Waals surface area (Å²) >= 11 is 0. The second-order valence-corrected chi connectivity index (χ2v) is 6.47. The van der Waals surface area contributed by atoms with Crippen LogP contribution in [-0.4, -0.2) is 18.6 Å². The highest BCUT2D eigenvalue weighted by Gasteiger charge is 2.33. The van der Waals surface area contributed by atoms with Crippen molar-refractivity contribution in [2.75, 3.05) is 6.61 Å². The molecule has 0 saturated carbocycles. The summed E-state index contributed by atoms with van der Waals surface area (Å²) in [5, 5.41) is 7.65. The SMILES string of the molecule is CCOC(=O)C1=C(C)NC(=O)NC1c1cc(=O)oc2c1ccc1ccccc12. The molecule has 1 aliphatic rings. The van der Waals surface area contributed by atoms with Crippen molar-refractivity contribution in [3.05, 3.63) is 69.7 Å². The molecule has 3 aromatic rings. The minimum absolute atomic E-state index is 0.193. The number of amides is 2. The minimum atomic E-state index is -0.833. The van der Waals surface area contributed by atoms with Crippen LogP contribution in [0.3, 0.4) is 0 Å². The number of fused-ring (bicyclic) bond motifs is 3. The molecule has 2 amide bonds. The average Bonchev–Trinajstić information content (AvgIpc) is 2.66. The molecule has 1 aliphatic heterocycles. The van der Waals surface area contributed by atoms with Gasteiger partial charge in [-0.2, -0.15) is 0 Å². The van der Waals surface area contributed by atoms with Crippen molar-refractivity contribution >= 4 is 33.7 Å². The van der Waals surface area contributed by atoms with Crippen LogP contribution in [0.2, 0.25) is 0 Å². The van der Waals surface area contributed by atoms with Crippen LogP contribution in [0.5, 0.6) is 0 Å². The molecular formula is C21H18N2O5. The fourth-order valence-electron chi connectivity index (χ4n) is 3.56. The number of carbonyl (C=O) groups is 2. The third kappa shape index (κ3) is 2.90. The third-order valence-corrected chi connectivity index (χ3v) is 4.74. The Morgan fingerprint density at radius 3 is 2.71 bits per heavy atom. The molecule has 0 radical (unpaired) electrons. The summed E-state index contributed by atoms with van der Waals surface area (Å²) in [4.78, 5) is 37.0. The van der Waals surface area contributed by atoms with Gasteiger partial charge in [0.15, 0.2) is 0 Å². The molecule has 2 heterocycles. The number of benzene rings is 2. The number of allylic oxidation sites excluding steroid dienone is 1. The first-order chi connectivity index (χ1) is 13.5. The molecule has 142 valence electrons. The first kappa shape index (κ1) is 17.8. The highest BCUT2D eigenvalue weighted by atomic mass is 16.5. The van der Waals surface area contributed by atoms with Gasteiger partial charge in [0.25, 0.3) is 0 Å². The zero-order chi connectivity index (χ0) is 19.8. The molecule has 0 spiro atoms. The minimum Gasteiger partial charge on any atom is -0.463 e. The molecular weight excluding hydrogens is 360 g/mol. The van der Waals surface area contributed by atoms with E-state index in [4.69, 9.17) is 9.15 Å². The lowest BCUT2D eigenvalue weighted by Gasteiger charge is -2.28. The molecule has 1 atom stereocenters. The highest BCUT2D eigenvalue weighted by molar-refractivity contribution is 6.06. The standard InChI is InChI=1S/C21H18N2O5/c1-3-27-20(25)17-11(2)22-21(26)23-18(17)15-10-16(24)28-19-13-7-5-4-6-12(13)8-9-14(15)19/h4-10,18H,3H2,1-2H3,(H2,22,23,26).